The molecule has 0 amide bonds. The molecule has 1 heterocycles. The monoisotopic (exact) mass is 221 g/mol. The van der Waals surface area contributed by atoms with Crippen LogP contribution < -0.4 is 5.32 Å². The minimum absolute atomic E-state index is 0.308. The molecule has 1 aromatic rings. The van der Waals surface area contributed by atoms with Gasteiger partial charge in [-0.1, -0.05) is 12.1 Å². The molecule has 3 heteroatoms. The van der Waals surface area contributed by atoms with Crippen LogP contribution in [-0.4, -0.2) is 31.4 Å². The number of phenols is 1. The summed E-state index contributed by atoms with van der Waals surface area (Å²) in [6.07, 6.45) is 2.49. The Kier molecular flexibility index (Phi) is 3.80. The number of nitrogens with one attached hydrogen (secondary N) is 1. The highest BCUT2D eigenvalue weighted by molar-refractivity contribution is 5.26. The fraction of sp³-hybridized carbons (Fsp3) is 0.538. The summed E-state index contributed by atoms with van der Waals surface area (Å²) in [7, 11) is 1.78. The molecular formula is C13H19NO2. The van der Waals surface area contributed by atoms with Crippen molar-refractivity contribution < 1.29 is 9.84 Å². The zero-order valence-corrected chi connectivity index (χ0v) is 9.65. The van der Waals surface area contributed by atoms with E-state index in [0.29, 0.717) is 17.8 Å². The summed E-state index contributed by atoms with van der Waals surface area (Å²) >= 11 is 0. The number of piperidine rings is 1. The van der Waals surface area contributed by atoms with Gasteiger partial charge in [0.15, 0.2) is 0 Å². The molecule has 88 valence electrons. The number of hydrogen-bond acceptors (Lipinski definition) is 3. The van der Waals surface area contributed by atoms with Crippen LogP contribution in [0.2, 0.25) is 0 Å². The van der Waals surface area contributed by atoms with Crippen molar-refractivity contribution in [3.8, 4) is 5.75 Å². The van der Waals surface area contributed by atoms with E-state index in [0.717, 1.165) is 25.9 Å². The summed E-state index contributed by atoms with van der Waals surface area (Å²) in [6.45, 7) is 2.02. The van der Waals surface area contributed by atoms with Gasteiger partial charge in [-0.25, -0.2) is 0 Å². The van der Waals surface area contributed by atoms with Gasteiger partial charge in [-0.3, -0.25) is 0 Å². The molecule has 0 spiro atoms. The van der Waals surface area contributed by atoms with Crippen molar-refractivity contribution in [2.75, 3.05) is 20.2 Å². The first-order valence-electron chi connectivity index (χ1n) is 5.81. The van der Waals surface area contributed by atoms with E-state index in [1.54, 1.807) is 19.2 Å². The highest BCUT2D eigenvalue weighted by atomic mass is 16.5. The van der Waals surface area contributed by atoms with Gasteiger partial charge in [0.2, 0.25) is 0 Å². The second-order valence-corrected chi connectivity index (χ2v) is 4.40. The van der Waals surface area contributed by atoms with E-state index < -0.39 is 0 Å². The van der Waals surface area contributed by atoms with Crippen molar-refractivity contribution in [1.29, 1.82) is 0 Å². The van der Waals surface area contributed by atoms with Crippen LogP contribution in [0.25, 0.3) is 0 Å². The predicted octanol–water partition coefficient (Wildman–Crippen LogP) is 1.56. The average molecular weight is 221 g/mol. The number of rotatable bonds is 3. The third-order valence-corrected chi connectivity index (χ3v) is 3.30. The largest absolute Gasteiger partial charge is 0.508 e. The molecule has 0 aromatic heterocycles. The van der Waals surface area contributed by atoms with Crippen molar-refractivity contribution in [1.82, 2.24) is 5.32 Å². The molecule has 0 saturated carbocycles. The number of phenolic OH excluding ortho intramolecular Hbond substituents is 1. The highest BCUT2D eigenvalue weighted by Crippen LogP contribution is 2.21. The van der Waals surface area contributed by atoms with Gasteiger partial charge in [-0.05, 0) is 43.0 Å². The molecular weight excluding hydrogens is 202 g/mol. The maximum absolute atomic E-state index is 9.23. The molecule has 1 fully saturated rings. The minimum Gasteiger partial charge on any atom is -0.508 e. The Morgan fingerprint density at radius 2 is 2.12 bits per heavy atom. The minimum atomic E-state index is 0.308. The van der Waals surface area contributed by atoms with Gasteiger partial charge in [0.1, 0.15) is 5.75 Å². The number of benzene rings is 1. The molecule has 1 saturated heterocycles. The van der Waals surface area contributed by atoms with E-state index in [2.05, 4.69) is 5.32 Å². The second kappa shape index (κ2) is 5.32. The van der Waals surface area contributed by atoms with Gasteiger partial charge < -0.3 is 15.2 Å². The molecule has 2 N–H and O–H groups in total. The predicted molar refractivity (Wildman–Crippen MR) is 63.6 cm³/mol. The Hall–Kier alpha value is -1.06. The Morgan fingerprint density at radius 3 is 2.81 bits per heavy atom. The standard InChI is InChI=1S/C13H19NO2/c1-16-13-9-14-7-6-11(13)8-10-2-4-12(15)5-3-10/h2-5,11,13-15H,6-9H2,1H3. The Bertz CT molecular complexity index is 323. The van der Waals surface area contributed by atoms with Crippen LogP contribution in [0, 0.1) is 5.92 Å². The van der Waals surface area contributed by atoms with Gasteiger partial charge >= 0.3 is 0 Å². The van der Waals surface area contributed by atoms with Crippen LogP contribution in [-0.2, 0) is 11.2 Å². The number of methoxy groups -OCH3 is 1. The first kappa shape index (κ1) is 11.4. The first-order valence-corrected chi connectivity index (χ1v) is 5.81. The maximum atomic E-state index is 9.23. The Balaban J connectivity index is 1.99. The number of hydrogen-bond donors (Lipinski definition) is 2. The van der Waals surface area contributed by atoms with E-state index >= 15 is 0 Å². The van der Waals surface area contributed by atoms with Crippen LogP contribution in [0.5, 0.6) is 5.75 Å². The van der Waals surface area contributed by atoms with Crippen molar-refractivity contribution in [2.24, 2.45) is 5.92 Å². The molecule has 1 aliphatic rings. The van der Waals surface area contributed by atoms with Gasteiger partial charge in [0, 0.05) is 13.7 Å². The normalized spacial score (nSPS) is 25.6. The smallest absolute Gasteiger partial charge is 0.115 e. The highest BCUT2D eigenvalue weighted by Gasteiger charge is 2.24. The molecule has 0 bridgehead atoms. The van der Waals surface area contributed by atoms with Crippen LogP contribution in [0.1, 0.15) is 12.0 Å². The number of aromatic hydroxyl groups is 1. The van der Waals surface area contributed by atoms with E-state index in [1.807, 2.05) is 12.1 Å². The molecule has 16 heavy (non-hydrogen) atoms. The molecule has 1 aliphatic heterocycles. The Labute approximate surface area is 96.4 Å². The van der Waals surface area contributed by atoms with Crippen molar-refractivity contribution in [2.45, 2.75) is 18.9 Å². The van der Waals surface area contributed by atoms with Crippen molar-refractivity contribution >= 4 is 0 Å². The van der Waals surface area contributed by atoms with Crippen LogP contribution in [0.15, 0.2) is 24.3 Å². The SMILES string of the molecule is COC1CNCCC1Cc1ccc(O)cc1. The zero-order chi connectivity index (χ0) is 11.4. The molecule has 0 aliphatic carbocycles. The third kappa shape index (κ3) is 2.74. The van der Waals surface area contributed by atoms with E-state index in [-0.39, 0.29) is 0 Å². The topological polar surface area (TPSA) is 41.5 Å². The Morgan fingerprint density at radius 1 is 1.38 bits per heavy atom. The van der Waals surface area contributed by atoms with Crippen molar-refractivity contribution in [3.05, 3.63) is 29.8 Å². The zero-order valence-electron chi connectivity index (χ0n) is 9.65. The molecule has 2 rings (SSSR count). The van der Waals surface area contributed by atoms with Gasteiger partial charge in [-0.15, -0.1) is 0 Å². The quantitative estimate of drug-likeness (QED) is 0.814. The maximum Gasteiger partial charge on any atom is 0.115 e. The van der Waals surface area contributed by atoms with E-state index in [4.69, 9.17) is 4.74 Å². The molecule has 0 radical (unpaired) electrons. The summed E-state index contributed by atoms with van der Waals surface area (Å²) in [5, 5.41) is 12.6. The molecule has 2 unspecified atom stereocenters. The van der Waals surface area contributed by atoms with Gasteiger partial charge in [-0.2, -0.15) is 0 Å². The fourth-order valence-electron chi connectivity index (χ4n) is 2.33. The average Bonchev–Trinajstić information content (AvgIpc) is 2.33. The lowest BCUT2D eigenvalue weighted by atomic mass is 9.88. The second-order valence-electron chi connectivity index (χ2n) is 4.40. The lowest BCUT2D eigenvalue weighted by Crippen LogP contribution is -2.42. The summed E-state index contributed by atoms with van der Waals surface area (Å²) in [5.41, 5.74) is 1.27. The van der Waals surface area contributed by atoms with Crippen LogP contribution in [0.3, 0.4) is 0 Å². The lowest BCUT2D eigenvalue weighted by Gasteiger charge is -2.31. The van der Waals surface area contributed by atoms with Gasteiger partial charge in [0.05, 0.1) is 6.10 Å². The summed E-state index contributed by atoms with van der Waals surface area (Å²) in [6, 6.07) is 7.48. The third-order valence-electron chi connectivity index (χ3n) is 3.30. The first-order chi connectivity index (χ1) is 7.79. The van der Waals surface area contributed by atoms with E-state index in [1.165, 1.54) is 5.56 Å². The van der Waals surface area contributed by atoms with E-state index in [9.17, 15) is 5.11 Å². The summed E-state index contributed by atoms with van der Waals surface area (Å²) < 4.78 is 5.49. The summed E-state index contributed by atoms with van der Waals surface area (Å²) in [4.78, 5) is 0. The fourth-order valence-corrected chi connectivity index (χ4v) is 2.33. The molecule has 3 nitrogen and oxygen atoms in total. The van der Waals surface area contributed by atoms with Gasteiger partial charge in [0.25, 0.3) is 0 Å². The van der Waals surface area contributed by atoms with Crippen LogP contribution in [0.4, 0.5) is 0 Å². The molecule has 1 aromatic carbocycles. The van der Waals surface area contributed by atoms with Crippen molar-refractivity contribution in [3.63, 3.8) is 0 Å². The number of ether oxygens (including phenoxy) is 1. The molecule has 2 atom stereocenters. The van der Waals surface area contributed by atoms with Crippen LogP contribution >= 0.6 is 0 Å². The lowest BCUT2D eigenvalue weighted by molar-refractivity contribution is 0.0341. The summed E-state index contributed by atoms with van der Waals surface area (Å²) in [5.74, 6) is 0.910.